The van der Waals surface area contributed by atoms with Crippen molar-refractivity contribution in [2.45, 2.75) is 37.8 Å². The molecular formula is C19H19FN2OS. The van der Waals surface area contributed by atoms with E-state index >= 15 is 0 Å². The summed E-state index contributed by atoms with van der Waals surface area (Å²) in [6, 6.07) is 11.3. The lowest BCUT2D eigenvalue weighted by atomic mass is 9.94. The molecule has 3 aromatic rings. The van der Waals surface area contributed by atoms with Gasteiger partial charge >= 0.3 is 0 Å². The summed E-state index contributed by atoms with van der Waals surface area (Å²) in [7, 11) is 0. The zero-order chi connectivity index (χ0) is 16.4. The molecule has 0 saturated heterocycles. The molecule has 1 saturated carbocycles. The van der Waals surface area contributed by atoms with Gasteiger partial charge in [0.1, 0.15) is 5.82 Å². The number of rotatable bonds is 5. The van der Waals surface area contributed by atoms with E-state index in [1.54, 1.807) is 29.7 Å². The molecule has 0 unspecified atom stereocenters. The summed E-state index contributed by atoms with van der Waals surface area (Å²) in [4.78, 5) is 5.47. The van der Waals surface area contributed by atoms with Gasteiger partial charge in [0.25, 0.3) is 0 Å². The van der Waals surface area contributed by atoms with E-state index < -0.39 is 0 Å². The molecule has 0 amide bonds. The van der Waals surface area contributed by atoms with Crippen molar-refractivity contribution in [1.82, 2.24) is 10.3 Å². The number of benzene rings is 1. The lowest BCUT2D eigenvalue weighted by Gasteiger charge is -2.20. The summed E-state index contributed by atoms with van der Waals surface area (Å²) in [5, 5.41) is 5.60. The summed E-state index contributed by atoms with van der Waals surface area (Å²) < 4.78 is 19.0. The first-order valence-corrected chi connectivity index (χ1v) is 9.15. The van der Waals surface area contributed by atoms with Crippen LogP contribution in [0.3, 0.4) is 0 Å². The Morgan fingerprint density at radius 1 is 1.21 bits per heavy atom. The highest BCUT2D eigenvalue weighted by Gasteiger charge is 2.28. The average molecular weight is 342 g/mol. The van der Waals surface area contributed by atoms with Gasteiger partial charge in [-0.05, 0) is 47.9 Å². The van der Waals surface area contributed by atoms with Gasteiger partial charge in [-0.15, -0.1) is 11.3 Å². The number of hydrogen-bond donors (Lipinski definition) is 1. The lowest BCUT2D eigenvalue weighted by molar-refractivity contribution is 0.421. The topological polar surface area (TPSA) is 38.1 Å². The van der Waals surface area contributed by atoms with Gasteiger partial charge in [-0.1, -0.05) is 24.6 Å². The maximum absolute atomic E-state index is 13.1. The molecule has 124 valence electrons. The molecule has 4 rings (SSSR count). The molecule has 0 spiro atoms. The van der Waals surface area contributed by atoms with Gasteiger partial charge in [-0.2, -0.15) is 0 Å². The Hall–Kier alpha value is -1.98. The zero-order valence-electron chi connectivity index (χ0n) is 13.2. The van der Waals surface area contributed by atoms with Crippen molar-refractivity contribution in [3.8, 4) is 10.6 Å². The third kappa shape index (κ3) is 3.28. The maximum atomic E-state index is 13.1. The Labute approximate surface area is 144 Å². The van der Waals surface area contributed by atoms with Crippen LogP contribution < -0.4 is 5.32 Å². The molecular weight excluding hydrogens is 323 g/mol. The minimum Gasteiger partial charge on any atom is -0.438 e. The van der Waals surface area contributed by atoms with Gasteiger partial charge in [0.2, 0.25) is 5.89 Å². The second-order valence-corrected chi connectivity index (χ2v) is 7.12. The molecule has 24 heavy (non-hydrogen) atoms. The SMILES string of the molecule is Fc1ccc([C@@H]2CCC[C@@H]2NCc2ncc(-c3cccs3)o2)cc1. The predicted molar refractivity (Wildman–Crippen MR) is 93.4 cm³/mol. The number of halogens is 1. The first kappa shape index (κ1) is 15.5. The van der Waals surface area contributed by atoms with Gasteiger partial charge in [0, 0.05) is 6.04 Å². The molecule has 2 atom stereocenters. The van der Waals surface area contributed by atoms with Crippen LogP contribution in [0.15, 0.2) is 52.4 Å². The van der Waals surface area contributed by atoms with Crippen LogP contribution in [-0.4, -0.2) is 11.0 Å². The highest BCUT2D eigenvalue weighted by molar-refractivity contribution is 7.13. The largest absolute Gasteiger partial charge is 0.438 e. The number of aromatic nitrogens is 1. The summed E-state index contributed by atoms with van der Waals surface area (Å²) >= 11 is 1.65. The number of nitrogens with one attached hydrogen (secondary N) is 1. The van der Waals surface area contributed by atoms with Crippen LogP contribution in [0.5, 0.6) is 0 Å². The average Bonchev–Trinajstić information content (AvgIpc) is 3.34. The van der Waals surface area contributed by atoms with Crippen molar-refractivity contribution in [1.29, 1.82) is 0 Å². The first-order valence-electron chi connectivity index (χ1n) is 8.27. The second-order valence-electron chi connectivity index (χ2n) is 6.17. The summed E-state index contributed by atoms with van der Waals surface area (Å²) in [5.74, 6) is 1.78. The Morgan fingerprint density at radius 2 is 2.08 bits per heavy atom. The molecule has 0 radical (unpaired) electrons. The molecule has 1 aliphatic rings. The van der Waals surface area contributed by atoms with Crippen LogP contribution in [0.4, 0.5) is 4.39 Å². The van der Waals surface area contributed by atoms with Crippen molar-refractivity contribution < 1.29 is 8.81 Å². The molecule has 0 aliphatic heterocycles. The van der Waals surface area contributed by atoms with E-state index in [0.717, 1.165) is 23.5 Å². The van der Waals surface area contributed by atoms with E-state index in [1.807, 2.05) is 29.6 Å². The first-order chi connectivity index (χ1) is 11.8. The smallest absolute Gasteiger partial charge is 0.208 e. The van der Waals surface area contributed by atoms with E-state index in [0.29, 0.717) is 24.4 Å². The Morgan fingerprint density at radius 3 is 2.88 bits per heavy atom. The number of thiophene rings is 1. The minimum absolute atomic E-state index is 0.179. The van der Waals surface area contributed by atoms with E-state index in [4.69, 9.17) is 4.42 Å². The fourth-order valence-electron chi connectivity index (χ4n) is 3.46. The lowest BCUT2D eigenvalue weighted by Crippen LogP contribution is -2.30. The molecule has 3 nitrogen and oxygen atoms in total. The highest BCUT2D eigenvalue weighted by atomic mass is 32.1. The zero-order valence-corrected chi connectivity index (χ0v) is 14.1. The van der Waals surface area contributed by atoms with Gasteiger partial charge in [0.05, 0.1) is 17.6 Å². The molecule has 1 fully saturated rings. The fourth-order valence-corrected chi connectivity index (χ4v) is 4.13. The van der Waals surface area contributed by atoms with Crippen molar-refractivity contribution in [3.05, 3.63) is 65.2 Å². The standard InChI is InChI=1S/C19H19FN2OS/c20-14-8-6-13(7-9-14)15-3-1-4-16(15)21-12-19-22-11-17(23-19)18-5-2-10-24-18/h2,5-11,15-16,21H,1,3-4,12H2/t15-,16-/m0/s1. The number of nitrogens with zero attached hydrogens (tertiary/aromatic N) is 1. The monoisotopic (exact) mass is 342 g/mol. The molecule has 1 aliphatic carbocycles. The van der Waals surface area contributed by atoms with Gasteiger partial charge < -0.3 is 9.73 Å². The van der Waals surface area contributed by atoms with E-state index in [-0.39, 0.29) is 5.82 Å². The van der Waals surface area contributed by atoms with Crippen LogP contribution >= 0.6 is 11.3 Å². The molecule has 1 N–H and O–H groups in total. The third-order valence-corrected chi connectivity index (χ3v) is 5.53. The van der Waals surface area contributed by atoms with Crippen molar-refractivity contribution in [2.75, 3.05) is 0 Å². The van der Waals surface area contributed by atoms with Gasteiger partial charge in [-0.3, -0.25) is 0 Å². The van der Waals surface area contributed by atoms with Gasteiger partial charge in [-0.25, -0.2) is 9.37 Å². The Bertz CT molecular complexity index is 782. The quantitative estimate of drug-likeness (QED) is 0.711. The molecule has 1 aromatic carbocycles. The third-order valence-electron chi connectivity index (χ3n) is 4.65. The Kier molecular flexibility index (Phi) is 4.45. The van der Waals surface area contributed by atoms with Crippen LogP contribution in [0.2, 0.25) is 0 Å². The second kappa shape index (κ2) is 6.87. The number of hydrogen-bond acceptors (Lipinski definition) is 4. The van der Waals surface area contributed by atoms with Crippen LogP contribution in [0.1, 0.15) is 36.6 Å². The Balaban J connectivity index is 1.40. The van der Waals surface area contributed by atoms with Gasteiger partial charge in [0.15, 0.2) is 5.76 Å². The molecule has 0 bridgehead atoms. The van der Waals surface area contributed by atoms with Crippen molar-refractivity contribution >= 4 is 11.3 Å². The van der Waals surface area contributed by atoms with Crippen LogP contribution in [-0.2, 0) is 6.54 Å². The van der Waals surface area contributed by atoms with Crippen molar-refractivity contribution in [3.63, 3.8) is 0 Å². The predicted octanol–water partition coefficient (Wildman–Crippen LogP) is 4.97. The summed E-state index contributed by atoms with van der Waals surface area (Å²) in [6.07, 6.45) is 5.23. The fraction of sp³-hybridized carbons (Fsp3) is 0.316. The van der Waals surface area contributed by atoms with Crippen LogP contribution in [0, 0.1) is 5.82 Å². The minimum atomic E-state index is -0.179. The van der Waals surface area contributed by atoms with Crippen LogP contribution in [0.25, 0.3) is 10.6 Å². The normalized spacial score (nSPS) is 20.5. The summed E-state index contributed by atoms with van der Waals surface area (Å²) in [6.45, 7) is 0.619. The maximum Gasteiger partial charge on any atom is 0.208 e. The molecule has 2 heterocycles. The van der Waals surface area contributed by atoms with E-state index in [2.05, 4.69) is 10.3 Å². The molecule has 2 aromatic heterocycles. The van der Waals surface area contributed by atoms with Crippen molar-refractivity contribution in [2.24, 2.45) is 0 Å². The van der Waals surface area contributed by atoms with E-state index in [1.165, 1.54) is 12.0 Å². The molecule has 5 heteroatoms. The highest BCUT2D eigenvalue weighted by Crippen LogP contribution is 2.35. The van der Waals surface area contributed by atoms with E-state index in [9.17, 15) is 4.39 Å². The summed E-state index contributed by atoms with van der Waals surface area (Å²) in [5.41, 5.74) is 1.21. The number of oxazole rings is 1.